The van der Waals surface area contributed by atoms with Crippen LogP contribution in [0.3, 0.4) is 0 Å². The van der Waals surface area contributed by atoms with Gasteiger partial charge in [0.05, 0.1) is 6.54 Å². The predicted molar refractivity (Wildman–Crippen MR) is 56.9 cm³/mol. The molecule has 5 nitrogen and oxygen atoms in total. The Bertz CT molecular complexity index is 341. The summed E-state index contributed by atoms with van der Waals surface area (Å²) < 4.78 is 1.80. The zero-order valence-corrected chi connectivity index (χ0v) is 8.89. The fourth-order valence-corrected chi connectivity index (χ4v) is 1.92. The molecule has 1 aliphatic carbocycles. The van der Waals surface area contributed by atoms with Crippen molar-refractivity contribution in [1.29, 1.82) is 0 Å². The smallest absolute Gasteiger partial charge is 0.164 e. The summed E-state index contributed by atoms with van der Waals surface area (Å²) in [5.74, 6) is 0.770. The third kappa shape index (κ3) is 2.62. The molecule has 0 unspecified atom stereocenters. The van der Waals surface area contributed by atoms with Gasteiger partial charge in [-0.1, -0.05) is 11.6 Å². The van der Waals surface area contributed by atoms with Gasteiger partial charge >= 0.3 is 0 Å². The molecular formula is C10H17N5. The van der Waals surface area contributed by atoms with Gasteiger partial charge in [0.15, 0.2) is 5.82 Å². The molecule has 0 saturated carbocycles. The van der Waals surface area contributed by atoms with E-state index in [0.717, 1.165) is 18.8 Å². The Balaban J connectivity index is 1.89. The van der Waals surface area contributed by atoms with Crippen molar-refractivity contribution in [2.75, 3.05) is 0 Å². The molecule has 2 N–H and O–H groups in total. The van der Waals surface area contributed by atoms with Crippen LogP contribution in [0.5, 0.6) is 0 Å². The fourth-order valence-electron chi connectivity index (χ4n) is 1.92. The normalized spacial score (nSPS) is 16.5. The van der Waals surface area contributed by atoms with Crippen LogP contribution in [0.4, 0.5) is 0 Å². The highest BCUT2D eigenvalue weighted by molar-refractivity contribution is 5.04. The number of nitrogens with zero attached hydrogens (tertiary/aromatic N) is 4. The van der Waals surface area contributed by atoms with Crippen molar-refractivity contribution >= 4 is 0 Å². The SMILES string of the molecule is NCc1nnnn1CCC1=CCCCC1. The standard InChI is InChI=1S/C10H17N5/c11-8-10-12-13-14-15(10)7-6-9-4-2-1-3-5-9/h4H,1-3,5-8,11H2. The van der Waals surface area contributed by atoms with E-state index in [0.29, 0.717) is 6.54 Å². The van der Waals surface area contributed by atoms with Crippen molar-refractivity contribution in [3.8, 4) is 0 Å². The number of nitrogens with two attached hydrogens (primary N) is 1. The second kappa shape index (κ2) is 5.02. The molecule has 0 fully saturated rings. The lowest BCUT2D eigenvalue weighted by Gasteiger charge is -2.12. The van der Waals surface area contributed by atoms with Gasteiger partial charge in [0.1, 0.15) is 0 Å². The maximum atomic E-state index is 5.53. The first-order valence-corrected chi connectivity index (χ1v) is 5.53. The molecule has 0 spiro atoms. The molecule has 82 valence electrons. The van der Waals surface area contributed by atoms with E-state index in [1.54, 1.807) is 10.3 Å². The monoisotopic (exact) mass is 207 g/mol. The van der Waals surface area contributed by atoms with E-state index < -0.39 is 0 Å². The van der Waals surface area contributed by atoms with Crippen molar-refractivity contribution < 1.29 is 0 Å². The molecule has 0 atom stereocenters. The van der Waals surface area contributed by atoms with Crippen molar-refractivity contribution in [2.45, 2.75) is 45.2 Å². The molecule has 1 aliphatic rings. The largest absolute Gasteiger partial charge is 0.324 e. The zero-order chi connectivity index (χ0) is 10.5. The Morgan fingerprint density at radius 1 is 1.40 bits per heavy atom. The molecule has 0 saturated heterocycles. The number of hydrogen-bond acceptors (Lipinski definition) is 4. The molecular weight excluding hydrogens is 190 g/mol. The lowest BCUT2D eigenvalue weighted by molar-refractivity contribution is 0.546. The maximum absolute atomic E-state index is 5.53. The Labute approximate surface area is 89.3 Å². The first-order chi connectivity index (χ1) is 7.40. The van der Waals surface area contributed by atoms with Crippen molar-refractivity contribution in [1.82, 2.24) is 20.2 Å². The molecule has 0 bridgehead atoms. The summed E-state index contributed by atoms with van der Waals surface area (Å²) in [7, 11) is 0. The summed E-state index contributed by atoms with van der Waals surface area (Å²) in [5.41, 5.74) is 7.07. The second-order valence-corrected chi connectivity index (χ2v) is 3.88. The highest BCUT2D eigenvalue weighted by Crippen LogP contribution is 2.20. The van der Waals surface area contributed by atoms with Gasteiger partial charge in [-0.3, -0.25) is 0 Å². The molecule has 1 heterocycles. The summed E-state index contributed by atoms with van der Waals surface area (Å²) in [6, 6.07) is 0. The van der Waals surface area contributed by atoms with Gasteiger partial charge in [-0.15, -0.1) is 5.10 Å². The van der Waals surface area contributed by atoms with Crippen LogP contribution in [0.25, 0.3) is 0 Å². The maximum Gasteiger partial charge on any atom is 0.164 e. The third-order valence-corrected chi connectivity index (χ3v) is 2.82. The number of tetrazole rings is 1. The summed E-state index contributed by atoms with van der Waals surface area (Å²) >= 11 is 0. The minimum Gasteiger partial charge on any atom is -0.324 e. The molecule has 0 aliphatic heterocycles. The first-order valence-electron chi connectivity index (χ1n) is 5.53. The van der Waals surface area contributed by atoms with Gasteiger partial charge in [-0.25, -0.2) is 4.68 Å². The molecule has 2 rings (SSSR count). The van der Waals surface area contributed by atoms with Crippen LogP contribution < -0.4 is 5.73 Å². The molecule has 15 heavy (non-hydrogen) atoms. The highest BCUT2D eigenvalue weighted by Gasteiger charge is 2.07. The van der Waals surface area contributed by atoms with Crippen LogP contribution in [0.15, 0.2) is 11.6 Å². The van der Waals surface area contributed by atoms with E-state index in [9.17, 15) is 0 Å². The summed E-state index contributed by atoms with van der Waals surface area (Å²) in [6.45, 7) is 1.26. The minimum atomic E-state index is 0.409. The molecule has 0 aromatic carbocycles. The fraction of sp³-hybridized carbons (Fsp3) is 0.700. The lowest BCUT2D eigenvalue weighted by atomic mass is 9.97. The number of aryl methyl sites for hydroxylation is 1. The molecule has 1 aromatic heterocycles. The minimum absolute atomic E-state index is 0.409. The molecule has 5 heteroatoms. The van der Waals surface area contributed by atoms with E-state index in [1.165, 1.54) is 25.7 Å². The Morgan fingerprint density at radius 3 is 3.07 bits per heavy atom. The van der Waals surface area contributed by atoms with E-state index in [1.807, 2.05) is 0 Å². The number of hydrogen-bond donors (Lipinski definition) is 1. The van der Waals surface area contributed by atoms with Crippen molar-refractivity contribution in [3.63, 3.8) is 0 Å². The van der Waals surface area contributed by atoms with Gasteiger partial charge in [-0.2, -0.15) is 0 Å². The van der Waals surface area contributed by atoms with Crippen LogP contribution in [-0.4, -0.2) is 20.2 Å². The number of allylic oxidation sites excluding steroid dienone is 2. The summed E-state index contributed by atoms with van der Waals surface area (Å²) in [5, 5.41) is 11.4. The van der Waals surface area contributed by atoms with E-state index in [4.69, 9.17) is 5.73 Å². The third-order valence-electron chi connectivity index (χ3n) is 2.82. The average molecular weight is 207 g/mol. The quantitative estimate of drug-likeness (QED) is 0.748. The highest BCUT2D eigenvalue weighted by atomic mass is 15.5. The van der Waals surface area contributed by atoms with Crippen molar-refractivity contribution in [2.24, 2.45) is 5.73 Å². The molecule has 1 aromatic rings. The summed E-state index contributed by atoms with van der Waals surface area (Å²) in [4.78, 5) is 0. The van der Waals surface area contributed by atoms with Crippen LogP contribution in [0.1, 0.15) is 37.9 Å². The predicted octanol–water partition coefficient (Wildman–Crippen LogP) is 1.02. The Hall–Kier alpha value is -1.23. The van der Waals surface area contributed by atoms with Crippen LogP contribution in [0, 0.1) is 0 Å². The number of rotatable bonds is 4. The zero-order valence-electron chi connectivity index (χ0n) is 8.89. The van der Waals surface area contributed by atoms with Gasteiger partial charge in [0, 0.05) is 6.54 Å². The lowest BCUT2D eigenvalue weighted by Crippen LogP contribution is -2.11. The van der Waals surface area contributed by atoms with Crippen LogP contribution >= 0.6 is 0 Å². The molecule has 0 amide bonds. The molecule has 0 radical (unpaired) electrons. The number of aromatic nitrogens is 4. The van der Waals surface area contributed by atoms with Crippen LogP contribution in [-0.2, 0) is 13.1 Å². The van der Waals surface area contributed by atoms with Gasteiger partial charge < -0.3 is 5.73 Å². The van der Waals surface area contributed by atoms with E-state index in [2.05, 4.69) is 21.6 Å². The van der Waals surface area contributed by atoms with Crippen molar-refractivity contribution in [3.05, 3.63) is 17.5 Å². The van der Waals surface area contributed by atoms with Gasteiger partial charge in [0.25, 0.3) is 0 Å². The Morgan fingerprint density at radius 2 is 2.33 bits per heavy atom. The second-order valence-electron chi connectivity index (χ2n) is 3.88. The van der Waals surface area contributed by atoms with Gasteiger partial charge in [0.2, 0.25) is 0 Å². The average Bonchev–Trinajstić information content (AvgIpc) is 2.75. The van der Waals surface area contributed by atoms with Crippen LogP contribution in [0.2, 0.25) is 0 Å². The van der Waals surface area contributed by atoms with E-state index >= 15 is 0 Å². The topological polar surface area (TPSA) is 69.6 Å². The summed E-state index contributed by atoms with van der Waals surface area (Å²) in [6.07, 6.45) is 8.54. The first kappa shape index (κ1) is 10.3. The van der Waals surface area contributed by atoms with Gasteiger partial charge in [-0.05, 0) is 42.5 Å². The van der Waals surface area contributed by atoms with E-state index in [-0.39, 0.29) is 0 Å². The Kier molecular flexibility index (Phi) is 3.45.